The average Bonchev–Trinajstić information content (AvgIpc) is 2.25. The Morgan fingerprint density at radius 2 is 1.60 bits per heavy atom. The predicted molar refractivity (Wildman–Crippen MR) is 62.4 cm³/mol. The van der Waals surface area contributed by atoms with Gasteiger partial charge in [0.05, 0.1) is 0 Å². The molecular weight excluding hydrogens is 184 g/mol. The number of aryl methyl sites for hydroxylation is 2. The molecule has 0 atom stereocenters. The van der Waals surface area contributed by atoms with Crippen LogP contribution in [0.3, 0.4) is 0 Å². The summed E-state index contributed by atoms with van der Waals surface area (Å²) in [7, 11) is 0. The van der Waals surface area contributed by atoms with E-state index in [1.165, 1.54) is 5.56 Å². The monoisotopic (exact) mass is 198 g/mol. The van der Waals surface area contributed by atoms with E-state index >= 15 is 0 Å². The molecule has 0 aliphatic carbocycles. The highest BCUT2D eigenvalue weighted by molar-refractivity contribution is 5.39. The molecule has 0 radical (unpaired) electrons. The summed E-state index contributed by atoms with van der Waals surface area (Å²) in [5, 5.41) is 0. The lowest BCUT2D eigenvalue weighted by Gasteiger charge is -2.09. The van der Waals surface area contributed by atoms with Gasteiger partial charge < -0.3 is 4.74 Å². The SMILES string of the molecule is Cc1ccc(C)c(Oc2ccccc2)c1. The Hall–Kier alpha value is -1.76. The van der Waals surface area contributed by atoms with E-state index < -0.39 is 0 Å². The lowest BCUT2D eigenvalue weighted by Crippen LogP contribution is -1.87. The zero-order chi connectivity index (χ0) is 10.7. The molecule has 0 fully saturated rings. The Balaban J connectivity index is 2.28. The van der Waals surface area contributed by atoms with Crippen LogP contribution in [0.1, 0.15) is 11.1 Å². The van der Waals surface area contributed by atoms with E-state index in [-0.39, 0.29) is 0 Å². The fourth-order valence-corrected chi connectivity index (χ4v) is 1.43. The first-order chi connectivity index (χ1) is 7.25. The Morgan fingerprint density at radius 3 is 2.33 bits per heavy atom. The van der Waals surface area contributed by atoms with E-state index in [1.54, 1.807) is 0 Å². The number of hydrogen-bond acceptors (Lipinski definition) is 1. The molecule has 0 saturated carbocycles. The zero-order valence-corrected chi connectivity index (χ0v) is 9.03. The summed E-state index contributed by atoms with van der Waals surface area (Å²) in [6.45, 7) is 4.12. The van der Waals surface area contributed by atoms with Gasteiger partial charge in [0, 0.05) is 0 Å². The van der Waals surface area contributed by atoms with Gasteiger partial charge in [-0.1, -0.05) is 30.3 Å². The highest BCUT2D eigenvalue weighted by atomic mass is 16.5. The smallest absolute Gasteiger partial charge is 0.130 e. The van der Waals surface area contributed by atoms with Crippen molar-refractivity contribution < 1.29 is 4.74 Å². The minimum absolute atomic E-state index is 0.881. The lowest BCUT2D eigenvalue weighted by atomic mass is 10.1. The Labute approximate surface area is 90.3 Å². The van der Waals surface area contributed by atoms with Crippen molar-refractivity contribution in [1.29, 1.82) is 0 Å². The van der Waals surface area contributed by atoms with Gasteiger partial charge in [-0.15, -0.1) is 0 Å². The van der Waals surface area contributed by atoms with Crippen LogP contribution in [0.2, 0.25) is 0 Å². The van der Waals surface area contributed by atoms with Crippen LogP contribution in [0.4, 0.5) is 0 Å². The average molecular weight is 198 g/mol. The van der Waals surface area contributed by atoms with E-state index in [9.17, 15) is 0 Å². The van der Waals surface area contributed by atoms with Gasteiger partial charge >= 0.3 is 0 Å². The van der Waals surface area contributed by atoms with E-state index in [2.05, 4.69) is 32.0 Å². The summed E-state index contributed by atoms with van der Waals surface area (Å²) in [4.78, 5) is 0. The van der Waals surface area contributed by atoms with Gasteiger partial charge in [-0.2, -0.15) is 0 Å². The second kappa shape index (κ2) is 4.18. The Kier molecular flexibility index (Phi) is 2.72. The van der Waals surface area contributed by atoms with Crippen LogP contribution in [0.5, 0.6) is 11.5 Å². The maximum atomic E-state index is 5.79. The standard InChI is InChI=1S/C14H14O/c1-11-8-9-12(2)14(10-11)15-13-6-4-3-5-7-13/h3-10H,1-2H3. The molecule has 0 N–H and O–H groups in total. The maximum absolute atomic E-state index is 5.79. The lowest BCUT2D eigenvalue weighted by molar-refractivity contribution is 0.478. The molecule has 0 aliphatic rings. The van der Waals surface area contributed by atoms with Crippen LogP contribution in [0, 0.1) is 13.8 Å². The molecule has 0 aliphatic heterocycles. The van der Waals surface area contributed by atoms with E-state index in [1.807, 2.05) is 30.3 Å². The molecule has 0 unspecified atom stereocenters. The molecule has 0 spiro atoms. The Bertz CT molecular complexity index is 446. The van der Waals surface area contributed by atoms with Crippen molar-refractivity contribution in [2.75, 3.05) is 0 Å². The van der Waals surface area contributed by atoms with Crippen molar-refractivity contribution in [2.45, 2.75) is 13.8 Å². The second-order valence-corrected chi connectivity index (χ2v) is 3.68. The van der Waals surface area contributed by atoms with E-state index in [4.69, 9.17) is 4.74 Å². The molecule has 1 nitrogen and oxygen atoms in total. The number of rotatable bonds is 2. The van der Waals surface area contributed by atoms with Gasteiger partial charge in [-0.05, 0) is 43.2 Å². The molecule has 2 rings (SSSR count). The first-order valence-corrected chi connectivity index (χ1v) is 5.06. The van der Waals surface area contributed by atoms with Crippen LogP contribution in [-0.4, -0.2) is 0 Å². The third-order valence-corrected chi connectivity index (χ3v) is 2.31. The van der Waals surface area contributed by atoms with Crippen molar-refractivity contribution >= 4 is 0 Å². The molecule has 2 aromatic carbocycles. The largest absolute Gasteiger partial charge is 0.457 e. The summed E-state index contributed by atoms with van der Waals surface area (Å²) in [5.74, 6) is 1.81. The minimum atomic E-state index is 0.881. The van der Waals surface area contributed by atoms with Gasteiger partial charge in [-0.25, -0.2) is 0 Å². The molecule has 1 heteroatoms. The first kappa shape index (κ1) is 9.78. The fraction of sp³-hybridized carbons (Fsp3) is 0.143. The first-order valence-electron chi connectivity index (χ1n) is 5.06. The van der Waals surface area contributed by atoms with Gasteiger partial charge in [0.25, 0.3) is 0 Å². The van der Waals surface area contributed by atoms with Crippen LogP contribution in [-0.2, 0) is 0 Å². The van der Waals surface area contributed by atoms with Crippen molar-refractivity contribution in [2.24, 2.45) is 0 Å². The van der Waals surface area contributed by atoms with Crippen LogP contribution in [0.25, 0.3) is 0 Å². The van der Waals surface area contributed by atoms with Crippen molar-refractivity contribution in [3.05, 3.63) is 59.7 Å². The number of ether oxygens (including phenoxy) is 1. The second-order valence-electron chi connectivity index (χ2n) is 3.68. The van der Waals surface area contributed by atoms with Gasteiger partial charge in [0.15, 0.2) is 0 Å². The third kappa shape index (κ3) is 2.38. The summed E-state index contributed by atoms with van der Waals surface area (Å²) >= 11 is 0. The minimum Gasteiger partial charge on any atom is -0.457 e. The topological polar surface area (TPSA) is 9.23 Å². The third-order valence-electron chi connectivity index (χ3n) is 2.31. The molecule has 0 saturated heterocycles. The van der Waals surface area contributed by atoms with Gasteiger partial charge in [-0.3, -0.25) is 0 Å². The fourth-order valence-electron chi connectivity index (χ4n) is 1.43. The van der Waals surface area contributed by atoms with Gasteiger partial charge in [0.1, 0.15) is 11.5 Å². The van der Waals surface area contributed by atoms with E-state index in [0.717, 1.165) is 17.1 Å². The summed E-state index contributed by atoms with van der Waals surface area (Å²) < 4.78 is 5.79. The summed E-state index contributed by atoms with van der Waals surface area (Å²) in [6.07, 6.45) is 0. The molecule has 0 aromatic heterocycles. The highest BCUT2D eigenvalue weighted by Gasteiger charge is 2.00. The van der Waals surface area contributed by atoms with Gasteiger partial charge in [0.2, 0.25) is 0 Å². The van der Waals surface area contributed by atoms with Crippen molar-refractivity contribution in [1.82, 2.24) is 0 Å². The molecule has 0 bridgehead atoms. The molecule has 15 heavy (non-hydrogen) atoms. The predicted octanol–water partition coefficient (Wildman–Crippen LogP) is 4.10. The zero-order valence-electron chi connectivity index (χ0n) is 9.03. The molecule has 2 aromatic rings. The Morgan fingerprint density at radius 1 is 0.867 bits per heavy atom. The van der Waals surface area contributed by atoms with Crippen LogP contribution >= 0.6 is 0 Å². The number of benzene rings is 2. The maximum Gasteiger partial charge on any atom is 0.130 e. The van der Waals surface area contributed by atoms with E-state index in [0.29, 0.717) is 0 Å². The van der Waals surface area contributed by atoms with Crippen LogP contribution in [0.15, 0.2) is 48.5 Å². The van der Waals surface area contributed by atoms with Crippen molar-refractivity contribution in [3.8, 4) is 11.5 Å². The number of para-hydroxylation sites is 1. The quantitative estimate of drug-likeness (QED) is 0.706. The number of hydrogen-bond donors (Lipinski definition) is 0. The summed E-state index contributed by atoms with van der Waals surface area (Å²) in [5.41, 5.74) is 2.37. The molecule has 0 heterocycles. The molecule has 76 valence electrons. The highest BCUT2D eigenvalue weighted by Crippen LogP contribution is 2.25. The summed E-state index contributed by atoms with van der Waals surface area (Å²) in [6, 6.07) is 16.1. The van der Waals surface area contributed by atoms with Crippen LogP contribution < -0.4 is 4.74 Å². The molecule has 0 amide bonds. The normalized spacial score (nSPS) is 10.0. The van der Waals surface area contributed by atoms with Crippen molar-refractivity contribution in [3.63, 3.8) is 0 Å². The molecular formula is C14H14O.